The van der Waals surface area contributed by atoms with Gasteiger partial charge in [-0.1, -0.05) is 0 Å². The summed E-state index contributed by atoms with van der Waals surface area (Å²) in [6, 6.07) is -0.273. The summed E-state index contributed by atoms with van der Waals surface area (Å²) in [6.45, 7) is 11.8. The minimum atomic E-state index is -0.667. The number of aryl methyl sites for hydroxylation is 1. The second-order valence-corrected chi connectivity index (χ2v) is 9.97. The Morgan fingerprint density at radius 1 is 1.39 bits per heavy atom. The van der Waals surface area contributed by atoms with Gasteiger partial charge in [-0.2, -0.15) is 5.10 Å². The van der Waals surface area contributed by atoms with E-state index in [2.05, 4.69) is 10.5 Å². The lowest BCUT2D eigenvalue weighted by atomic mass is 10.2. The number of rotatable bonds is 5. The maximum absolute atomic E-state index is 13.2. The van der Waals surface area contributed by atoms with E-state index in [1.807, 2.05) is 20.8 Å². The Bertz CT molecular complexity index is 1110. The first-order valence-electron chi connectivity index (χ1n) is 10.4. The number of hydrogen-bond donors (Lipinski definition) is 1. The molecule has 3 rings (SSSR count). The lowest BCUT2D eigenvalue weighted by Gasteiger charge is -2.18. The molecule has 1 saturated heterocycles. The molecule has 0 aliphatic carbocycles. The SMILES string of the molecule is Cc1c(/C=N/NC(=O)OC(C)(C)C)sc2c1c(=O)n(C(C)C)c(=O)n2CC1CCCO1. The number of amides is 1. The Kier molecular flexibility index (Phi) is 6.70. The van der Waals surface area contributed by atoms with Gasteiger partial charge >= 0.3 is 11.8 Å². The number of ether oxygens (including phenoxy) is 2. The lowest BCUT2D eigenvalue weighted by Crippen LogP contribution is -2.42. The van der Waals surface area contributed by atoms with E-state index in [1.165, 1.54) is 22.1 Å². The largest absolute Gasteiger partial charge is 0.443 e. The minimum Gasteiger partial charge on any atom is -0.443 e. The number of hydrogen-bond acceptors (Lipinski definition) is 7. The van der Waals surface area contributed by atoms with Crippen LogP contribution in [0.15, 0.2) is 14.7 Å². The Morgan fingerprint density at radius 2 is 2.10 bits per heavy atom. The van der Waals surface area contributed by atoms with Crippen molar-refractivity contribution in [2.45, 2.75) is 78.7 Å². The van der Waals surface area contributed by atoms with Crippen LogP contribution in [0, 0.1) is 6.92 Å². The van der Waals surface area contributed by atoms with Gasteiger partial charge in [-0.15, -0.1) is 11.3 Å². The molecule has 1 atom stereocenters. The van der Waals surface area contributed by atoms with Crippen LogP contribution in [0.4, 0.5) is 4.79 Å². The van der Waals surface area contributed by atoms with E-state index in [1.54, 1.807) is 25.3 Å². The molecular formula is C21H30N4O5S. The molecule has 0 aromatic carbocycles. The molecular weight excluding hydrogens is 420 g/mol. The lowest BCUT2D eigenvalue weighted by molar-refractivity contribution is 0.0529. The van der Waals surface area contributed by atoms with E-state index in [9.17, 15) is 14.4 Å². The van der Waals surface area contributed by atoms with Crippen LogP contribution in [0.3, 0.4) is 0 Å². The summed E-state index contributed by atoms with van der Waals surface area (Å²) in [4.78, 5) is 39.4. The molecule has 10 heteroatoms. The van der Waals surface area contributed by atoms with Gasteiger partial charge in [-0.05, 0) is 59.9 Å². The third-order valence-corrected chi connectivity index (χ3v) is 6.19. The Labute approximate surface area is 184 Å². The van der Waals surface area contributed by atoms with Crippen molar-refractivity contribution in [3.05, 3.63) is 31.3 Å². The Balaban J connectivity index is 2.03. The Hall–Kier alpha value is -2.46. The van der Waals surface area contributed by atoms with Crippen LogP contribution >= 0.6 is 11.3 Å². The number of hydrazone groups is 1. The minimum absolute atomic E-state index is 0.0487. The first-order valence-corrected chi connectivity index (χ1v) is 11.2. The van der Waals surface area contributed by atoms with Gasteiger partial charge in [0.25, 0.3) is 5.56 Å². The number of carbonyl (C=O) groups is 1. The zero-order valence-electron chi connectivity index (χ0n) is 18.9. The molecule has 2 aromatic rings. The zero-order valence-corrected chi connectivity index (χ0v) is 19.7. The van der Waals surface area contributed by atoms with Crippen molar-refractivity contribution in [3.63, 3.8) is 0 Å². The number of carbonyl (C=O) groups excluding carboxylic acids is 1. The molecule has 1 fully saturated rings. The van der Waals surface area contributed by atoms with E-state index < -0.39 is 11.7 Å². The smallest absolute Gasteiger partial charge is 0.428 e. The second kappa shape index (κ2) is 8.96. The number of nitrogens with zero attached hydrogens (tertiary/aromatic N) is 3. The summed E-state index contributed by atoms with van der Waals surface area (Å²) in [7, 11) is 0. The highest BCUT2D eigenvalue weighted by molar-refractivity contribution is 7.20. The third kappa shape index (κ3) is 5.07. The predicted molar refractivity (Wildman–Crippen MR) is 121 cm³/mol. The average molecular weight is 451 g/mol. The van der Waals surface area contributed by atoms with Gasteiger partial charge in [0.2, 0.25) is 0 Å². The number of thiophene rings is 1. The van der Waals surface area contributed by atoms with Crippen molar-refractivity contribution in [1.82, 2.24) is 14.6 Å². The molecule has 9 nitrogen and oxygen atoms in total. The summed E-state index contributed by atoms with van der Waals surface area (Å²) < 4.78 is 13.8. The van der Waals surface area contributed by atoms with Crippen molar-refractivity contribution >= 4 is 33.9 Å². The van der Waals surface area contributed by atoms with Crippen LogP contribution < -0.4 is 16.7 Å². The molecule has 3 heterocycles. The normalized spacial score (nSPS) is 17.2. The fraction of sp³-hybridized carbons (Fsp3) is 0.619. The van der Waals surface area contributed by atoms with Gasteiger partial charge in [-0.25, -0.2) is 15.0 Å². The quantitative estimate of drug-likeness (QED) is 0.557. The molecule has 0 bridgehead atoms. The fourth-order valence-electron chi connectivity index (χ4n) is 3.56. The topological polar surface area (TPSA) is 104 Å². The standard InChI is InChI=1S/C21H30N4O5S/c1-12(2)25-17(26)16-13(3)15(10-22-23-19(27)30-21(4,5)6)31-18(16)24(20(25)28)11-14-8-7-9-29-14/h10,12,14H,7-9,11H2,1-6H3,(H,23,27)/b22-10+. The summed E-state index contributed by atoms with van der Waals surface area (Å²) in [5.74, 6) is 0. The molecule has 2 aromatic heterocycles. The highest BCUT2D eigenvalue weighted by Gasteiger charge is 2.24. The summed E-state index contributed by atoms with van der Waals surface area (Å²) in [5.41, 5.74) is 1.77. The first-order chi connectivity index (χ1) is 14.5. The van der Waals surface area contributed by atoms with Crippen LogP contribution in [-0.2, 0) is 16.0 Å². The number of fused-ring (bicyclic) bond motifs is 1. The molecule has 0 radical (unpaired) electrons. The van der Waals surface area contributed by atoms with Crippen LogP contribution in [0.2, 0.25) is 0 Å². The fourth-order valence-corrected chi connectivity index (χ4v) is 4.73. The van der Waals surface area contributed by atoms with Crippen molar-refractivity contribution in [1.29, 1.82) is 0 Å². The van der Waals surface area contributed by atoms with Crippen LogP contribution in [0.25, 0.3) is 10.2 Å². The predicted octanol–water partition coefficient (Wildman–Crippen LogP) is 3.15. The molecule has 1 unspecified atom stereocenters. The van der Waals surface area contributed by atoms with Crippen molar-refractivity contribution < 1.29 is 14.3 Å². The molecule has 1 amide bonds. The van der Waals surface area contributed by atoms with E-state index in [0.717, 1.165) is 18.4 Å². The highest BCUT2D eigenvalue weighted by Crippen LogP contribution is 2.28. The van der Waals surface area contributed by atoms with Gasteiger partial charge in [-0.3, -0.25) is 13.9 Å². The van der Waals surface area contributed by atoms with Crippen LogP contribution in [0.1, 0.15) is 63.9 Å². The molecule has 31 heavy (non-hydrogen) atoms. The molecule has 170 valence electrons. The molecule has 0 saturated carbocycles. The second-order valence-electron chi connectivity index (χ2n) is 8.94. The first kappa shape index (κ1) is 23.2. The van der Waals surface area contributed by atoms with Crippen LogP contribution in [-0.4, -0.2) is 39.8 Å². The van der Waals surface area contributed by atoms with Crippen LogP contribution in [0.5, 0.6) is 0 Å². The van der Waals surface area contributed by atoms with Gasteiger partial charge in [0.15, 0.2) is 0 Å². The van der Waals surface area contributed by atoms with Gasteiger partial charge in [0.05, 0.1) is 29.1 Å². The van der Waals surface area contributed by atoms with Crippen molar-refractivity contribution in [3.8, 4) is 0 Å². The zero-order chi connectivity index (χ0) is 22.9. The average Bonchev–Trinajstić information content (AvgIpc) is 3.25. The summed E-state index contributed by atoms with van der Waals surface area (Å²) in [5, 5.41) is 4.46. The molecule has 0 spiro atoms. The molecule has 1 aliphatic heterocycles. The molecule has 1 N–H and O–H groups in total. The van der Waals surface area contributed by atoms with Gasteiger partial charge in [0.1, 0.15) is 10.4 Å². The maximum Gasteiger partial charge on any atom is 0.428 e. The Morgan fingerprint density at radius 3 is 2.68 bits per heavy atom. The maximum atomic E-state index is 13.2. The monoisotopic (exact) mass is 450 g/mol. The number of nitrogens with one attached hydrogen (secondary N) is 1. The van der Waals surface area contributed by atoms with Gasteiger partial charge in [0, 0.05) is 12.6 Å². The van der Waals surface area contributed by atoms with Crippen molar-refractivity contribution in [2.75, 3.05) is 6.61 Å². The van der Waals surface area contributed by atoms with E-state index in [4.69, 9.17) is 9.47 Å². The van der Waals surface area contributed by atoms with E-state index >= 15 is 0 Å². The summed E-state index contributed by atoms with van der Waals surface area (Å²) >= 11 is 1.30. The summed E-state index contributed by atoms with van der Waals surface area (Å²) in [6.07, 6.45) is 2.61. The third-order valence-electron chi connectivity index (χ3n) is 4.94. The van der Waals surface area contributed by atoms with Gasteiger partial charge < -0.3 is 9.47 Å². The van der Waals surface area contributed by atoms with E-state index in [0.29, 0.717) is 28.2 Å². The molecule has 1 aliphatic rings. The van der Waals surface area contributed by atoms with E-state index in [-0.39, 0.29) is 23.4 Å². The highest BCUT2D eigenvalue weighted by atomic mass is 32.1. The van der Waals surface area contributed by atoms with Crippen molar-refractivity contribution in [2.24, 2.45) is 5.10 Å². The number of aromatic nitrogens is 2.